The number of hydrogen-bond acceptors (Lipinski definition) is 4. The summed E-state index contributed by atoms with van der Waals surface area (Å²) in [5.74, 6) is 0.785. The van der Waals surface area contributed by atoms with Gasteiger partial charge < -0.3 is 4.74 Å². The number of aromatic nitrogens is 1. The highest BCUT2D eigenvalue weighted by molar-refractivity contribution is 7.12. The van der Waals surface area contributed by atoms with Gasteiger partial charge in [-0.1, -0.05) is 11.6 Å². The zero-order valence-corrected chi connectivity index (χ0v) is 11.4. The van der Waals surface area contributed by atoms with Gasteiger partial charge in [0, 0.05) is 11.4 Å². The van der Waals surface area contributed by atoms with E-state index >= 15 is 0 Å². The van der Waals surface area contributed by atoms with Crippen LogP contribution in [0.25, 0.3) is 0 Å². The van der Waals surface area contributed by atoms with Gasteiger partial charge in [0.05, 0.1) is 17.3 Å². The van der Waals surface area contributed by atoms with Crippen molar-refractivity contribution in [3.8, 4) is 11.8 Å². The third-order valence-electron chi connectivity index (χ3n) is 2.34. The lowest BCUT2D eigenvalue weighted by Crippen LogP contribution is -2.00. The van der Waals surface area contributed by atoms with Crippen LogP contribution in [0, 0.1) is 18.3 Å². The molecule has 0 N–H and O–H groups in total. The number of nitrogens with zero attached hydrogens (tertiary/aromatic N) is 2. The SMILES string of the molecule is Cc1nc(CCOc2ccc(Cl)cc2)sc1C#N. The largest absolute Gasteiger partial charge is 0.493 e. The maximum absolute atomic E-state index is 8.84. The zero-order valence-electron chi connectivity index (χ0n) is 9.81. The van der Waals surface area contributed by atoms with Crippen LogP contribution in [0.4, 0.5) is 0 Å². The fourth-order valence-electron chi connectivity index (χ4n) is 1.45. The summed E-state index contributed by atoms with van der Waals surface area (Å²) in [6, 6.07) is 9.37. The van der Waals surface area contributed by atoms with Crippen LogP contribution in [0.15, 0.2) is 24.3 Å². The Morgan fingerprint density at radius 3 is 2.72 bits per heavy atom. The topological polar surface area (TPSA) is 45.9 Å². The normalized spacial score (nSPS) is 10.1. The van der Waals surface area contributed by atoms with Crippen LogP contribution in [0.3, 0.4) is 0 Å². The number of hydrogen-bond donors (Lipinski definition) is 0. The summed E-state index contributed by atoms with van der Waals surface area (Å²) >= 11 is 7.21. The molecule has 0 aliphatic heterocycles. The summed E-state index contributed by atoms with van der Waals surface area (Å²) in [4.78, 5) is 5.00. The Balaban J connectivity index is 1.88. The van der Waals surface area contributed by atoms with E-state index in [2.05, 4.69) is 11.1 Å². The van der Waals surface area contributed by atoms with Crippen LogP contribution < -0.4 is 4.74 Å². The van der Waals surface area contributed by atoms with Crippen molar-refractivity contribution in [3.05, 3.63) is 44.9 Å². The lowest BCUT2D eigenvalue weighted by Gasteiger charge is -2.04. The molecule has 92 valence electrons. The summed E-state index contributed by atoms with van der Waals surface area (Å²) in [5, 5.41) is 10.5. The second kappa shape index (κ2) is 5.85. The van der Waals surface area contributed by atoms with Gasteiger partial charge in [-0.3, -0.25) is 0 Å². The summed E-state index contributed by atoms with van der Waals surface area (Å²) < 4.78 is 5.57. The van der Waals surface area contributed by atoms with E-state index in [-0.39, 0.29) is 0 Å². The molecule has 0 unspecified atom stereocenters. The fraction of sp³-hybridized carbons (Fsp3) is 0.231. The molecule has 0 spiro atoms. The molecule has 0 aliphatic carbocycles. The van der Waals surface area contributed by atoms with Gasteiger partial charge in [0.2, 0.25) is 0 Å². The predicted octanol–water partition coefficient (Wildman–Crippen LogP) is 3.60. The smallest absolute Gasteiger partial charge is 0.127 e. The van der Waals surface area contributed by atoms with Crippen LogP contribution in [0.2, 0.25) is 5.02 Å². The van der Waals surface area contributed by atoms with Crippen molar-refractivity contribution in [2.75, 3.05) is 6.61 Å². The third kappa shape index (κ3) is 3.22. The van der Waals surface area contributed by atoms with Gasteiger partial charge in [-0.05, 0) is 31.2 Å². The number of thiazole rings is 1. The molecular weight excluding hydrogens is 268 g/mol. The highest BCUT2D eigenvalue weighted by atomic mass is 35.5. The molecule has 3 nitrogen and oxygen atoms in total. The maximum atomic E-state index is 8.84. The molecule has 1 heterocycles. The number of halogens is 1. The minimum Gasteiger partial charge on any atom is -0.493 e. The summed E-state index contributed by atoms with van der Waals surface area (Å²) in [6.07, 6.45) is 0.704. The number of ether oxygens (including phenoxy) is 1. The van der Waals surface area contributed by atoms with Gasteiger partial charge in [0.15, 0.2) is 0 Å². The van der Waals surface area contributed by atoms with Gasteiger partial charge in [0.1, 0.15) is 16.7 Å². The van der Waals surface area contributed by atoms with Gasteiger partial charge >= 0.3 is 0 Å². The van der Waals surface area contributed by atoms with E-state index in [1.54, 1.807) is 12.1 Å². The minimum atomic E-state index is 0.541. The van der Waals surface area contributed by atoms with E-state index < -0.39 is 0 Å². The first kappa shape index (κ1) is 12.9. The average molecular weight is 279 g/mol. The fourth-order valence-corrected chi connectivity index (χ4v) is 2.42. The number of benzene rings is 1. The van der Waals surface area contributed by atoms with Crippen LogP contribution >= 0.6 is 22.9 Å². The van der Waals surface area contributed by atoms with Crippen molar-refractivity contribution in [1.29, 1.82) is 5.26 Å². The molecule has 0 saturated carbocycles. The zero-order chi connectivity index (χ0) is 13.0. The summed E-state index contributed by atoms with van der Waals surface area (Å²) in [7, 11) is 0. The van der Waals surface area contributed by atoms with E-state index in [4.69, 9.17) is 21.6 Å². The Morgan fingerprint density at radius 1 is 1.39 bits per heavy atom. The van der Waals surface area contributed by atoms with Gasteiger partial charge in [-0.2, -0.15) is 5.26 Å². The molecule has 1 aromatic heterocycles. The van der Waals surface area contributed by atoms with Crippen LogP contribution in [0.5, 0.6) is 5.75 Å². The van der Waals surface area contributed by atoms with E-state index in [1.807, 2.05) is 19.1 Å². The molecule has 2 aromatic rings. The molecule has 18 heavy (non-hydrogen) atoms. The van der Waals surface area contributed by atoms with Gasteiger partial charge in [-0.25, -0.2) is 4.98 Å². The van der Waals surface area contributed by atoms with Crippen molar-refractivity contribution in [1.82, 2.24) is 4.98 Å². The second-order valence-electron chi connectivity index (χ2n) is 3.69. The van der Waals surface area contributed by atoms with E-state index in [9.17, 15) is 0 Å². The van der Waals surface area contributed by atoms with E-state index in [0.717, 1.165) is 16.5 Å². The minimum absolute atomic E-state index is 0.541. The lowest BCUT2D eigenvalue weighted by atomic mass is 10.3. The monoisotopic (exact) mass is 278 g/mol. The third-order valence-corrected chi connectivity index (χ3v) is 3.71. The highest BCUT2D eigenvalue weighted by Crippen LogP contribution is 2.18. The molecule has 1 aromatic carbocycles. The van der Waals surface area contributed by atoms with Crippen molar-refractivity contribution >= 4 is 22.9 Å². The van der Waals surface area contributed by atoms with Crippen molar-refractivity contribution in [3.63, 3.8) is 0 Å². The molecule has 0 saturated heterocycles. The van der Waals surface area contributed by atoms with E-state index in [0.29, 0.717) is 22.9 Å². The predicted molar refractivity (Wildman–Crippen MR) is 72.2 cm³/mol. The standard InChI is InChI=1S/C13H11ClN2OS/c1-9-12(8-15)18-13(16-9)6-7-17-11-4-2-10(14)3-5-11/h2-5H,6-7H2,1H3. The average Bonchev–Trinajstić information content (AvgIpc) is 2.72. The molecule has 0 atom stereocenters. The number of nitriles is 1. The maximum Gasteiger partial charge on any atom is 0.127 e. The molecular formula is C13H11ClN2OS. The lowest BCUT2D eigenvalue weighted by molar-refractivity contribution is 0.321. The Morgan fingerprint density at radius 2 is 2.11 bits per heavy atom. The molecule has 5 heteroatoms. The van der Waals surface area contributed by atoms with Crippen molar-refractivity contribution < 1.29 is 4.74 Å². The van der Waals surface area contributed by atoms with E-state index in [1.165, 1.54) is 11.3 Å². The summed E-state index contributed by atoms with van der Waals surface area (Å²) in [5.41, 5.74) is 0.795. The first-order valence-electron chi connectivity index (χ1n) is 5.44. The number of rotatable bonds is 4. The molecule has 0 aliphatic rings. The molecule has 0 radical (unpaired) electrons. The second-order valence-corrected chi connectivity index (χ2v) is 5.21. The Bertz CT molecular complexity index is 572. The molecule has 0 fully saturated rings. The van der Waals surface area contributed by atoms with Crippen LogP contribution in [0.1, 0.15) is 15.6 Å². The highest BCUT2D eigenvalue weighted by Gasteiger charge is 2.06. The van der Waals surface area contributed by atoms with Crippen LogP contribution in [-0.2, 0) is 6.42 Å². The molecule has 0 amide bonds. The van der Waals surface area contributed by atoms with Crippen molar-refractivity contribution in [2.45, 2.75) is 13.3 Å². The Kier molecular flexibility index (Phi) is 4.19. The Hall–Kier alpha value is -1.57. The molecule has 2 rings (SSSR count). The van der Waals surface area contributed by atoms with Crippen molar-refractivity contribution in [2.24, 2.45) is 0 Å². The van der Waals surface area contributed by atoms with Gasteiger partial charge in [-0.15, -0.1) is 11.3 Å². The Labute approximate surface area is 115 Å². The summed E-state index contributed by atoms with van der Waals surface area (Å²) in [6.45, 7) is 2.39. The quantitative estimate of drug-likeness (QED) is 0.858. The molecule has 0 bridgehead atoms. The first-order chi connectivity index (χ1) is 8.69. The number of aryl methyl sites for hydroxylation is 1. The first-order valence-corrected chi connectivity index (χ1v) is 6.63. The van der Waals surface area contributed by atoms with Gasteiger partial charge in [0.25, 0.3) is 0 Å². The van der Waals surface area contributed by atoms with Crippen LogP contribution in [-0.4, -0.2) is 11.6 Å².